The van der Waals surface area contributed by atoms with Gasteiger partial charge in [0, 0.05) is 22.4 Å². The number of benzene rings is 2. The van der Waals surface area contributed by atoms with Crippen LogP contribution in [0, 0.1) is 6.92 Å². The smallest absolute Gasteiger partial charge is 0.0478 e. The number of para-hydroxylation sites is 1. The molecule has 1 N–H and O–H groups in total. The first-order valence-corrected chi connectivity index (χ1v) is 7.24. The molecule has 2 aromatic rings. The van der Waals surface area contributed by atoms with Gasteiger partial charge in [-0.3, -0.25) is 0 Å². The predicted molar refractivity (Wildman–Crippen MR) is 79.5 cm³/mol. The van der Waals surface area contributed by atoms with Crippen LogP contribution in [0.5, 0.6) is 0 Å². The molecule has 0 radical (unpaired) electrons. The molecule has 0 fully saturated rings. The number of nitrogens with one attached hydrogen (secondary N) is 1. The number of hydrogen-bond donors (Lipinski definition) is 1. The minimum Gasteiger partial charge on any atom is -0.383 e. The molecule has 1 nitrogen and oxygen atoms in total. The second-order valence-corrected chi connectivity index (χ2v) is 6.15. The van der Waals surface area contributed by atoms with Crippen molar-refractivity contribution >= 4 is 17.4 Å². The Morgan fingerprint density at radius 3 is 2.72 bits per heavy atom. The van der Waals surface area contributed by atoms with Crippen LogP contribution in [0.25, 0.3) is 0 Å². The molecule has 0 aliphatic carbocycles. The van der Waals surface area contributed by atoms with Gasteiger partial charge in [-0.15, -0.1) is 11.8 Å². The van der Waals surface area contributed by atoms with Crippen molar-refractivity contribution in [1.29, 1.82) is 0 Å². The van der Waals surface area contributed by atoms with Crippen molar-refractivity contribution in [1.82, 2.24) is 0 Å². The van der Waals surface area contributed by atoms with Crippen LogP contribution in [0.3, 0.4) is 0 Å². The van der Waals surface area contributed by atoms with Crippen molar-refractivity contribution in [3.05, 3.63) is 59.7 Å². The van der Waals surface area contributed by atoms with Crippen LogP contribution in [0.1, 0.15) is 11.1 Å². The average molecular weight is 255 g/mol. The molecular weight excluding hydrogens is 238 g/mol. The molecule has 0 saturated heterocycles. The molecule has 0 saturated carbocycles. The van der Waals surface area contributed by atoms with Crippen LogP contribution in [0.15, 0.2) is 53.4 Å². The highest BCUT2D eigenvalue weighted by molar-refractivity contribution is 8.00. The minimum atomic E-state index is 0.627. The fourth-order valence-corrected chi connectivity index (χ4v) is 3.49. The molecule has 1 heterocycles. The van der Waals surface area contributed by atoms with Gasteiger partial charge >= 0.3 is 0 Å². The molecule has 0 bridgehead atoms. The first-order chi connectivity index (χ1) is 8.81. The van der Waals surface area contributed by atoms with Gasteiger partial charge in [0.1, 0.15) is 0 Å². The SMILES string of the molecule is Cc1ccc(CC2CNc3ccccc3S2)cc1. The number of fused-ring (bicyclic) bond motifs is 1. The molecule has 1 aliphatic heterocycles. The van der Waals surface area contributed by atoms with Gasteiger partial charge in [0.25, 0.3) is 0 Å². The summed E-state index contributed by atoms with van der Waals surface area (Å²) in [5, 5.41) is 4.15. The Kier molecular flexibility index (Phi) is 3.28. The summed E-state index contributed by atoms with van der Waals surface area (Å²) < 4.78 is 0. The van der Waals surface area contributed by atoms with Crippen molar-refractivity contribution in [3.8, 4) is 0 Å². The molecule has 2 aromatic carbocycles. The van der Waals surface area contributed by atoms with Crippen LogP contribution >= 0.6 is 11.8 Å². The molecule has 92 valence electrons. The molecule has 0 spiro atoms. The summed E-state index contributed by atoms with van der Waals surface area (Å²) in [4.78, 5) is 1.38. The Balaban J connectivity index is 1.71. The zero-order valence-electron chi connectivity index (χ0n) is 10.5. The van der Waals surface area contributed by atoms with E-state index in [9.17, 15) is 0 Å². The zero-order chi connectivity index (χ0) is 12.4. The molecule has 2 heteroatoms. The van der Waals surface area contributed by atoms with Gasteiger partial charge < -0.3 is 5.32 Å². The Hall–Kier alpha value is -1.41. The Morgan fingerprint density at radius 2 is 1.89 bits per heavy atom. The van der Waals surface area contributed by atoms with Crippen molar-refractivity contribution in [2.45, 2.75) is 23.5 Å². The van der Waals surface area contributed by atoms with E-state index in [-0.39, 0.29) is 0 Å². The van der Waals surface area contributed by atoms with Crippen LogP contribution in [0.2, 0.25) is 0 Å². The third-order valence-electron chi connectivity index (χ3n) is 3.28. The maximum absolute atomic E-state index is 3.52. The van der Waals surface area contributed by atoms with E-state index in [0.29, 0.717) is 5.25 Å². The van der Waals surface area contributed by atoms with Gasteiger partial charge in [-0.2, -0.15) is 0 Å². The lowest BCUT2D eigenvalue weighted by Crippen LogP contribution is -2.23. The minimum absolute atomic E-state index is 0.627. The summed E-state index contributed by atoms with van der Waals surface area (Å²) >= 11 is 1.99. The fourth-order valence-electron chi connectivity index (χ4n) is 2.26. The van der Waals surface area contributed by atoms with Crippen LogP contribution in [-0.2, 0) is 6.42 Å². The van der Waals surface area contributed by atoms with Gasteiger partial charge in [-0.05, 0) is 31.0 Å². The van der Waals surface area contributed by atoms with E-state index in [0.717, 1.165) is 13.0 Å². The molecule has 1 aliphatic rings. The summed E-state index contributed by atoms with van der Waals surface area (Å²) in [5.74, 6) is 0. The van der Waals surface area contributed by atoms with Gasteiger partial charge in [0.15, 0.2) is 0 Å². The summed E-state index contributed by atoms with van der Waals surface area (Å²) in [5.41, 5.74) is 4.04. The highest BCUT2D eigenvalue weighted by Crippen LogP contribution is 2.35. The lowest BCUT2D eigenvalue weighted by Gasteiger charge is -2.25. The lowest BCUT2D eigenvalue weighted by atomic mass is 10.1. The van der Waals surface area contributed by atoms with E-state index in [4.69, 9.17) is 0 Å². The van der Waals surface area contributed by atoms with E-state index in [1.54, 1.807) is 0 Å². The number of anilines is 1. The van der Waals surface area contributed by atoms with E-state index in [1.165, 1.54) is 21.7 Å². The van der Waals surface area contributed by atoms with Crippen LogP contribution in [-0.4, -0.2) is 11.8 Å². The van der Waals surface area contributed by atoms with E-state index < -0.39 is 0 Å². The number of rotatable bonds is 2. The molecular formula is C16H17NS. The quantitative estimate of drug-likeness (QED) is 0.866. The Morgan fingerprint density at radius 1 is 1.11 bits per heavy atom. The van der Waals surface area contributed by atoms with Crippen molar-refractivity contribution in [3.63, 3.8) is 0 Å². The summed E-state index contributed by atoms with van der Waals surface area (Å²) in [7, 11) is 0. The van der Waals surface area contributed by atoms with Gasteiger partial charge in [0.2, 0.25) is 0 Å². The molecule has 3 rings (SSSR count). The number of aryl methyl sites for hydroxylation is 1. The number of thioether (sulfide) groups is 1. The average Bonchev–Trinajstić information content (AvgIpc) is 2.41. The Labute approximate surface area is 113 Å². The first-order valence-electron chi connectivity index (χ1n) is 6.36. The summed E-state index contributed by atoms with van der Waals surface area (Å²) in [6.07, 6.45) is 1.13. The van der Waals surface area contributed by atoms with E-state index >= 15 is 0 Å². The number of hydrogen-bond acceptors (Lipinski definition) is 2. The molecule has 18 heavy (non-hydrogen) atoms. The topological polar surface area (TPSA) is 12.0 Å². The van der Waals surface area contributed by atoms with Crippen molar-refractivity contribution in [2.75, 3.05) is 11.9 Å². The summed E-state index contributed by atoms with van der Waals surface area (Å²) in [6, 6.07) is 17.5. The largest absolute Gasteiger partial charge is 0.383 e. The molecule has 1 unspecified atom stereocenters. The maximum atomic E-state index is 3.52. The van der Waals surface area contributed by atoms with Crippen LogP contribution < -0.4 is 5.32 Å². The third-order valence-corrected chi connectivity index (χ3v) is 4.56. The van der Waals surface area contributed by atoms with Gasteiger partial charge in [0.05, 0.1) is 0 Å². The van der Waals surface area contributed by atoms with Crippen molar-refractivity contribution in [2.24, 2.45) is 0 Å². The van der Waals surface area contributed by atoms with Gasteiger partial charge in [-0.25, -0.2) is 0 Å². The standard InChI is InChI=1S/C16H17NS/c1-12-6-8-13(9-7-12)10-14-11-17-15-4-2-3-5-16(15)18-14/h2-9,14,17H,10-11H2,1H3. The predicted octanol–water partition coefficient (Wildman–Crippen LogP) is 4.12. The Bertz CT molecular complexity index is 533. The highest BCUT2D eigenvalue weighted by atomic mass is 32.2. The molecule has 0 aromatic heterocycles. The van der Waals surface area contributed by atoms with E-state index in [2.05, 4.69) is 60.8 Å². The summed E-state index contributed by atoms with van der Waals surface area (Å²) in [6.45, 7) is 3.19. The second-order valence-electron chi connectivity index (χ2n) is 4.81. The van der Waals surface area contributed by atoms with Gasteiger partial charge in [-0.1, -0.05) is 42.0 Å². The molecule has 0 amide bonds. The second kappa shape index (κ2) is 5.07. The molecule has 1 atom stereocenters. The van der Waals surface area contributed by atoms with E-state index in [1.807, 2.05) is 11.8 Å². The van der Waals surface area contributed by atoms with Crippen molar-refractivity contribution < 1.29 is 0 Å². The zero-order valence-corrected chi connectivity index (χ0v) is 11.3. The monoisotopic (exact) mass is 255 g/mol. The maximum Gasteiger partial charge on any atom is 0.0478 e. The first kappa shape index (κ1) is 11.7. The highest BCUT2D eigenvalue weighted by Gasteiger charge is 2.18. The third kappa shape index (κ3) is 2.54. The van der Waals surface area contributed by atoms with Crippen LogP contribution in [0.4, 0.5) is 5.69 Å². The normalized spacial score (nSPS) is 17.9. The fraction of sp³-hybridized carbons (Fsp3) is 0.250. The lowest BCUT2D eigenvalue weighted by molar-refractivity contribution is 0.869.